The number of alkyl halides is 3. The van der Waals surface area contributed by atoms with Crippen LogP contribution in [0.4, 0.5) is 23.8 Å². The summed E-state index contributed by atoms with van der Waals surface area (Å²) in [5.74, 6) is 0.664. The van der Waals surface area contributed by atoms with Crippen molar-refractivity contribution >= 4 is 17.4 Å². The molecule has 2 aliphatic heterocycles. The van der Waals surface area contributed by atoms with E-state index < -0.39 is 11.7 Å². The molecule has 0 radical (unpaired) electrons. The number of benzene rings is 1. The Hall–Kier alpha value is -3.10. The van der Waals surface area contributed by atoms with Gasteiger partial charge in [-0.15, -0.1) is 5.10 Å². The summed E-state index contributed by atoms with van der Waals surface area (Å²) in [6.45, 7) is 1.41. The monoisotopic (exact) mass is 404 g/mol. The molecule has 1 aromatic heterocycles. The third-order valence-corrected chi connectivity index (χ3v) is 5.13. The number of carbonyl (C=O) groups is 1. The lowest BCUT2D eigenvalue weighted by Gasteiger charge is -2.31. The lowest BCUT2D eigenvalue weighted by atomic mass is 9.89. The van der Waals surface area contributed by atoms with Crippen LogP contribution < -0.4 is 10.1 Å². The smallest absolute Gasteiger partial charge is 0.416 e. The van der Waals surface area contributed by atoms with Gasteiger partial charge in [0, 0.05) is 31.3 Å². The van der Waals surface area contributed by atoms with Crippen LogP contribution in [0.1, 0.15) is 30.4 Å². The molecule has 3 heterocycles. The standard InChI is InChI=1S/C20H19F3N4O2/c21-20(22,23)14-3-4-16-15(7-11-29-17(16)12-14)13-5-9-27(10-6-13)19(28)25-18-2-1-8-24-26-18/h1-4,8,12H,5-7,9-11H2,(H,25,26,28). The molecule has 0 atom stereocenters. The van der Waals surface area contributed by atoms with Gasteiger partial charge in [-0.05, 0) is 42.7 Å². The summed E-state index contributed by atoms with van der Waals surface area (Å²) in [6, 6.07) is 6.77. The van der Waals surface area contributed by atoms with Gasteiger partial charge in [0.15, 0.2) is 5.82 Å². The molecular weight excluding hydrogens is 385 g/mol. The topological polar surface area (TPSA) is 67.4 Å². The second-order valence-corrected chi connectivity index (χ2v) is 6.92. The molecule has 0 spiro atoms. The minimum Gasteiger partial charge on any atom is -0.493 e. The number of ether oxygens (including phenoxy) is 1. The van der Waals surface area contributed by atoms with E-state index in [-0.39, 0.29) is 11.8 Å². The molecule has 1 saturated heterocycles. The Kier molecular flexibility index (Phi) is 5.12. The van der Waals surface area contributed by atoms with E-state index in [0.29, 0.717) is 44.8 Å². The minimum atomic E-state index is -4.40. The van der Waals surface area contributed by atoms with Gasteiger partial charge in [0.25, 0.3) is 0 Å². The van der Waals surface area contributed by atoms with Crippen molar-refractivity contribution in [3.8, 4) is 5.75 Å². The first-order valence-electron chi connectivity index (χ1n) is 9.31. The van der Waals surface area contributed by atoms with Gasteiger partial charge in [0.1, 0.15) is 5.75 Å². The van der Waals surface area contributed by atoms with Crippen molar-refractivity contribution < 1.29 is 22.7 Å². The van der Waals surface area contributed by atoms with E-state index in [1.807, 2.05) is 0 Å². The fraction of sp³-hybridized carbons (Fsp3) is 0.350. The first-order chi connectivity index (χ1) is 13.9. The molecule has 0 saturated carbocycles. The zero-order valence-corrected chi connectivity index (χ0v) is 15.5. The molecular formula is C20H19F3N4O2. The van der Waals surface area contributed by atoms with E-state index in [1.165, 1.54) is 12.3 Å². The average Bonchev–Trinajstić information content (AvgIpc) is 2.73. The van der Waals surface area contributed by atoms with Gasteiger partial charge in [-0.25, -0.2) is 4.79 Å². The number of hydrogen-bond donors (Lipinski definition) is 1. The number of anilines is 1. The first-order valence-corrected chi connectivity index (χ1v) is 9.31. The Labute approximate surface area is 165 Å². The minimum absolute atomic E-state index is 0.239. The molecule has 1 N–H and O–H groups in total. The summed E-state index contributed by atoms with van der Waals surface area (Å²) in [5, 5.41) is 10.3. The Morgan fingerprint density at radius 1 is 1.14 bits per heavy atom. The van der Waals surface area contributed by atoms with E-state index in [4.69, 9.17) is 4.74 Å². The summed E-state index contributed by atoms with van der Waals surface area (Å²) in [6.07, 6.45) is -0.879. The zero-order chi connectivity index (χ0) is 20.4. The fourth-order valence-corrected chi connectivity index (χ4v) is 3.67. The molecule has 4 rings (SSSR count). The number of amides is 2. The third-order valence-electron chi connectivity index (χ3n) is 5.13. The molecule has 0 aliphatic carbocycles. The van der Waals surface area contributed by atoms with E-state index in [1.54, 1.807) is 17.0 Å². The first kappa shape index (κ1) is 19.2. The number of carbonyl (C=O) groups excluding carboxylic acids is 1. The van der Waals surface area contributed by atoms with Crippen molar-refractivity contribution in [3.63, 3.8) is 0 Å². The van der Waals surface area contributed by atoms with Gasteiger partial charge in [-0.2, -0.15) is 18.3 Å². The fourth-order valence-electron chi connectivity index (χ4n) is 3.67. The van der Waals surface area contributed by atoms with Crippen LogP contribution in [0.2, 0.25) is 0 Å². The number of rotatable bonds is 1. The maximum atomic E-state index is 13.0. The summed E-state index contributed by atoms with van der Waals surface area (Å²) >= 11 is 0. The average molecular weight is 404 g/mol. The van der Waals surface area contributed by atoms with Gasteiger partial charge < -0.3 is 9.64 Å². The number of nitrogens with one attached hydrogen (secondary N) is 1. The van der Waals surface area contributed by atoms with E-state index in [0.717, 1.165) is 28.8 Å². The summed E-state index contributed by atoms with van der Waals surface area (Å²) in [7, 11) is 0. The Balaban J connectivity index is 1.48. The van der Waals surface area contributed by atoms with Gasteiger partial charge in [0.05, 0.1) is 12.2 Å². The number of urea groups is 1. The maximum Gasteiger partial charge on any atom is 0.416 e. The van der Waals surface area contributed by atoms with Crippen molar-refractivity contribution in [1.29, 1.82) is 0 Å². The SMILES string of the molecule is O=C(Nc1cccnn1)N1CCC(=C2CCOc3cc(C(F)(F)F)ccc32)CC1. The van der Waals surface area contributed by atoms with E-state index in [2.05, 4.69) is 15.5 Å². The Bertz CT molecular complexity index is 934. The molecule has 2 aromatic rings. The summed E-state index contributed by atoms with van der Waals surface area (Å²) in [5.41, 5.74) is 2.21. The van der Waals surface area contributed by atoms with Crippen LogP contribution in [0.3, 0.4) is 0 Å². The molecule has 0 bridgehead atoms. The summed E-state index contributed by atoms with van der Waals surface area (Å²) < 4.78 is 44.4. The normalized spacial score (nSPS) is 16.9. The highest BCUT2D eigenvalue weighted by Gasteiger charge is 2.32. The predicted molar refractivity (Wildman–Crippen MR) is 100 cm³/mol. The lowest BCUT2D eigenvalue weighted by Crippen LogP contribution is -2.39. The molecule has 6 nitrogen and oxygen atoms in total. The van der Waals surface area contributed by atoms with Crippen molar-refractivity contribution in [2.75, 3.05) is 25.0 Å². The number of nitrogens with zero attached hydrogens (tertiary/aromatic N) is 3. The molecule has 2 aliphatic rings. The van der Waals surface area contributed by atoms with Crippen LogP contribution in [-0.2, 0) is 6.18 Å². The highest BCUT2D eigenvalue weighted by atomic mass is 19.4. The number of hydrogen-bond acceptors (Lipinski definition) is 4. The second kappa shape index (κ2) is 7.73. The van der Waals surface area contributed by atoms with Crippen LogP contribution in [-0.4, -0.2) is 40.8 Å². The largest absolute Gasteiger partial charge is 0.493 e. The number of halogens is 3. The maximum absolute atomic E-state index is 13.0. The number of piperidine rings is 1. The van der Waals surface area contributed by atoms with Crippen molar-refractivity contribution in [3.05, 3.63) is 53.2 Å². The van der Waals surface area contributed by atoms with Crippen LogP contribution in [0.5, 0.6) is 5.75 Å². The predicted octanol–water partition coefficient (Wildman–Crippen LogP) is 4.36. The summed E-state index contributed by atoms with van der Waals surface area (Å²) in [4.78, 5) is 14.1. The number of likely N-dealkylation sites (tertiary alicyclic amines) is 1. The molecule has 29 heavy (non-hydrogen) atoms. The molecule has 1 fully saturated rings. The van der Waals surface area contributed by atoms with E-state index >= 15 is 0 Å². The van der Waals surface area contributed by atoms with Crippen molar-refractivity contribution in [2.24, 2.45) is 0 Å². The highest BCUT2D eigenvalue weighted by Crippen LogP contribution is 2.41. The van der Waals surface area contributed by atoms with Gasteiger partial charge >= 0.3 is 12.2 Å². The van der Waals surface area contributed by atoms with Crippen molar-refractivity contribution in [2.45, 2.75) is 25.4 Å². The quantitative estimate of drug-likeness (QED) is 0.767. The number of aromatic nitrogens is 2. The van der Waals surface area contributed by atoms with Crippen LogP contribution in [0.25, 0.3) is 5.57 Å². The molecule has 1 aromatic carbocycles. The van der Waals surface area contributed by atoms with Gasteiger partial charge in [-0.1, -0.05) is 11.6 Å². The Morgan fingerprint density at radius 3 is 2.62 bits per heavy atom. The van der Waals surface area contributed by atoms with E-state index in [9.17, 15) is 18.0 Å². The third kappa shape index (κ3) is 4.18. The molecule has 0 unspecified atom stereocenters. The van der Waals surface area contributed by atoms with Crippen molar-refractivity contribution in [1.82, 2.24) is 15.1 Å². The van der Waals surface area contributed by atoms with Crippen LogP contribution in [0, 0.1) is 0 Å². The molecule has 9 heteroatoms. The molecule has 2 amide bonds. The Morgan fingerprint density at radius 2 is 1.93 bits per heavy atom. The number of fused-ring (bicyclic) bond motifs is 1. The van der Waals surface area contributed by atoms with Crippen LogP contribution >= 0.6 is 0 Å². The lowest BCUT2D eigenvalue weighted by molar-refractivity contribution is -0.137. The van der Waals surface area contributed by atoms with Crippen LogP contribution in [0.15, 0.2) is 42.1 Å². The zero-order valence-electron chi connectivity index (χ0n) is 15.5. The van der Waals surface area contributed by atoms with Gasteiger partial charge in [-0.3, -0.25) is 5.32 Å². The second-order valence-electron chi connectivity index (χ2n) is 6.92. The highest BCUT2D eigenvalue weighted by molar-refractivity contribution is 5.88. The van der Waals surface area contributed by atoms with Gasteiger partial charge in [0.2, 0.25) is 0 Å². The molecule has 152 valence electrons.